The van der Waals surface area contributed by atoms with Gasteiger partial charge in [-0.15, -0.1) is 0 Å². The maximum atomic E-state index is 13.4. The van der Waals surface area contributed by atoms with Crippen LogP contribution in [0.1, 0.15) is 22.5 Å². The van der Waals surface area contributed by atoms with Gasteiger partial charge < -0.3 is 14.6 Å². The first-order valence-corrected chi connectivity index (χ1v) is 8.99. The van der Waals surface area contributed by atoms with Crippen molar-refractivity contribution in [3.63, 3.8) is 0 Å². The summed E-state index contributed by atoms with van der Waals surface area (Å²) in [4.78, 5) is 2.34. The molecule has 0 bridgehead atoms. The summed E-state index contributed by atoms with van der Waals surface area (Å²) >= 11 is 0. The number of fused-ring (bicyclic) bond motifs is 1. The molecule has 5 nitrogen and oxygen atoms in total. The number of halogens is 1. The van der Waals surface area contributed by atoms with Crippen molar-refractivity contribution in [3.05, 3.63) is 70.7 Å². The summed E-state index contributed by atoms with van der Waals surface area (Å²) in [6.45, 7) is 4.44. The highest BCUT2D eigenvalue weighted by atomic mass is 19.1. The monoisotopic (exact) mass is 367 g/mol. The van der Waals surface area contributed by atoms with Gasteiger partial charge in [-0.25, -0.2) is 4.39 Å². The molecule has 27 heavy (non-hydrogen) atoms. The van der Waals surface area contributed by atoms with Crippen LogP contribution in [0.25, 0.3) is 0 Å². The van der Waals surface area contributed by atoms with Gasteiger partial charge in [0.1, 0.15) is 17.3 Å². The van der Waals surface area contributed by atoms with Crippen LogP contribution in [0.5, 0.6) is 5.75 Å². The molecule has 0 radical (unpaired) electrons. The number of nitrogens with one attached hydrogen (secondary N) is 1. The van der Waals surface area contributed by atoms with Crippen molar-refractivity contribution in [1.29, 1.82) is 0 Å². The highest BCUT2D eigenvalue weighted by molar-refractivity contribution is 5.60. The Morgan fingerprint density at radius 3 is 2.93 bits per heavy atom. The number of hydrogen-bond acceptors (Lipinski definition) is 5. The SMILES string of the molecule is COc1c(C)cccc1CN1CCc2onc(Nc3cccc(F)c3)c2C1. The normalized spacial score (nSPS) is 14.0. The lowest BCUT2D eigenvalue weighted by Gasteiger charge is -2.27. The Morgan fingerprint density at radius 2 is 2.11 bits per heavy atom. The maximum absolute atomic E-state index is 13.4. The average Bonchev–Trinajstić information content (AvgIpc) is 3.04. The molecule has 3 aromatic rings. The third-order valence-electron chi connectivity index (χ3n) is 4.89. The number of aryl methyl sites for hydroxylation is 1. The van der Waals surface area contributed by atoms with Crippen LogP contribution in [-0.2, 0) is 19.5 Å². The topological polar surface area (TPSA) is 50.5 Å². The number of nitrogens with zero attached hydrogens (tertiary/aromatic N) is 2. The fraction of sp³-hybridized carbons (Fsp3) is 0.286. The van der Waals surface area contributed by atoms with E-state index < -0.39 is 0 Å². The standard InChI is InChI=1S/C21H22FN3O2/c1-14-5-3-6-15(20(14)26-2)12-25-10-9-19-18(13-25)21(24-27-19)23-17-8-4-7-16(22)11-17/h3-8,11H,9-10,12-13H2,1-2H3,(H,23,24). The average molecular weight is 367 g/mol. The smallest absolute Gasteiger partial charge is 0.178 e. The Labute approximate surface area is 157 Å². The van der Waals surface area contributed by atoms with Crippen LogP contribution in [0, 0.1) is 12.7 Å². The molecule has 0 saturated carbocycles. The number of methoxy groups -OCH3 is 1. The van der Waals surface area contributed by atoms with Gasteiger partial charge in [0.05, 0.1) is 12.7 Å². The summed E-state index contributed by atoms with van der Waals surface area (Å²) in [5, 5.41) is 7.32. The van der Waals surface area contributed by atoms with Gasteiger partial charge in [-0.1, -0.05) is 29.4 Å². The van der Waals surface area contributed by atoms with Crippen molar-refractivity contribution < 1.29 is 13.7 Å². The molecule has 1 aliphatic heterocycles. The zero-order valence-corrected chi connectivity index (χ0v) is 15.5. The van der Waals surface area contributed by atoms with Crippen molar-refractivity contribution in [1.82, 2.24) is 10.1 Å². The van der Waals surface area contributed by atoms with Gasteiger partial charge in [0, 0.05) is 37.3 Å². The summed E-state index contributed by atoms with van der Waals surface area (Å²) in [5.41, 5.74) is 3.98. The predicted molar refractivity (Wildman–Crippen MR) is 102 cm³/mol. The lowest BCUT2D eigenvalue weighted by molar-refractivity contribution is 0.225. The van der Waals surface area contributed by atoms with Gasteiger partial charge >= 0.3 is 0 Å². The van der Waals surface area contributed by atoms with Crippen LogP contribution in [0.4, 0.5) is 15.9 Å². The molecule has 0 atom stereocenters. The van der Waals surface area contributed by atoms with Crippen LogP contribution in [0.15, 0.2) is 47.0 Å². The van der Waals surface area contributed by atoms with Crippen molar-refractivity contribution in [2.75, 3.05) is 19.0 Å². The van der Waals surface area contributed by atoms with E-state index in [0.717, 1.165) is 47.7 Å². The van der Waals surface area contributed by atoms with Gasteiger partial charge in [0.25, 0.3) is 0 Å². The third kappa shape index (κ3) is 3.66. The van der Waals surface area contributed by atoms with E-state index in [1.54, 1.807) is 13.2 Å². The van der Waals surface area contributed by atoms with Crippen LogP contribution in [0.2, 0.25) is 0 Å². The molecule has 0 saturated heterocycles. The quantitative estimate of drug-likeness (QED) is 0.723. The molecule has 0 amide bonds. The lowest BCUT2D eigenvalue weighted by Crippen LogP contribution is -2.30. The summed E-state index contributed by atoms with van der Waals surface area (Å²) in [7, 11) is 1.71. The van der Waals surface area contributed by atoms with Crippen molar-refractivity contribution in [3.8, 4) is 5.75 Å². The van der Waals surface area contributed by atoms with Gasteiger partial charge in [-0.05, 0) is 30.7 Å². The molecule has 2 heterocycles. The zero-order chi connectivity index (χ0) is 18.8. The zero-order valence-electron chi connectivity index (χ0n) is 15.5. The molecule has 140 valence electrons. The number of hydrogen-bond donors (Lipinski definition) is 1. The number of rotatable bonds is 5. The molecule has 0 spiro atoms. The molecule has 0 unspecified atom stereocenters. The van der Waals surface area contributed by atoms with E-state index in [1.165, 1.54) is 12.1 Å². The maximum Gasteiger partial charge on any atom is 0.178 e. The largest absolute Gasteiger partial charge is 0.496 e. The second-order valence-electron chi connectivity index (χ2n) is 6.80. The van der Waals surface area contributed by atoms with Crippen LogP contribution < -0.4 is 10.1 Å². The highest BCUT2D eigenvalue weighted by Crippen LogP contribution is 2.31. The minimum Gasteiger partial charge on any atom is -0.496 e. The van der Waals surface area contributed by atoms with Gasteiger partial charge in [-0.2, -0.15) is 0 Å². The lowest BCUT2D eigenvalue weighted by atomic mass is 10.1. The molecule has 1 N–H and O–H groups in total. The van der Waals surface area contributed by atoms with Crippen LogP contribution >= 0.6 is 0 Å². The van der Waals surface area contributed by atoms with E-state index in [2.05, 4.69) is 40.5 Å². The van der Waals surface area contributed by atoms with E-state index in [-0.39, 0.29) is 5.82 Å². The Morgan fingerprint density at radius 1 is 1.26 bits per heavy atom. The van der Waals surface area contributed by atoms with Gasteiger partial charge in [-0.3, -0.25) is 4.90 Å². The first-order chi connectivity index (χ1) is 13.1. The fourth-order valence-corrected chi connectivity index (χ4v) is 3.57. The molecular formula is C21H22FN3O2. The molecular weight excluding hydrogens is 345 g/mol. The van der Waals surface area contributed by atoms with Crippen molar-refractivity contribution in [2.24, 2.45) is 0 Å². The van der Waals surface area contributed by atoms with Crippen molar-refractivity contribution in [2.45, 2.75) is 26.4 Å². The molecule has 4 rings (SSSR count). The third-order valence-corrected chi connectivity index (χ3v) is 4.89. The molecule has 0 fully saturated rings. The summed E-state index contributed by atoms with van der Waals surface area (Å²) in [6, 6.07) is 12.5. The van der Waals surface area contributed by atoms with E-state index in [0.29, 0.717) is 18.1 Å². The van der Waals surface area contributed by atoms with E-state index >= 15 is 0 Å². The Kier molecular flexibility index (Phi) is 4.81. The van der Waals surface area contributed by atoms with Gasteiger partial charge in [0.2, 0.25) is 0 Å². The minimum atomic E-state index is -0.287. The molecule has 0 aliphatic carbocycles. The van der Waals surface area contributed by atoms with Gasteiger partial charge in [0.15, 0.2) is 5.82 Å². The summed E-state index contributed by atoms with van der Waals surface area (Å²) < 4.78 is 24.5. The summed E-state index contributed by atoms with van der Waals surface area (Å²) in [6.07, 6.45) is 0.793. The van der Waals surface area contributed by atoms with E-state index in [9.17, 15) is 4.39 Å². The number of aromatic nitrogens is 1. The van der Waals surface area contributed by atoms with Crippen LogP contribution in [0.3, 0.4) is 0 Å². The Bertz CT molecular complexity index is 954. The fourth-order valence-electron chi connectivity index (χ4n) is 3.57. The molecule has 2 aromatic carbocycles. The second kappa shape index (κ2) is 7.40. The van der Waals surface area contributed by atoms with E-state index in [4.69, 9.17) is 9.26 Å². The Balaban J connectivity index is 1.53. The summed E-state index contributed by atoms with van der Waals surface area (Å²) in [5.74, 6) is 2.19. The second-order valence-corrected chi connectivity index (χ2v) is 6.80. The predicted octanol–water partition coefficient (Wildman–Crippen LogP) is 4.43. The molecule has 1 aromatic heterocycles. The highest BCUT2D eigenvalue weighted by Gasteiger charge is 2.25. The first-order valence-electron chi connectivity index (χ1n) is 8.99. The number of benzene rings is 2. The number of ether oxygens (including phenoxy) is 1. The number of anilines is 2. The van der Waals surface area contributed by atoms with Crippen molar-refractivity contribution >= 4 is 11.5 Å². The molecule has 6 heteroatoms. The van der Waals surface area contributed by atoms with Crippen LogP contribution in [-0.4, -0.2) is 23.7 Å². The molecule has 1 aliphatic rings. The minimum absolute atomic E-state index is 0.287. The first kappa shape index (κ1) is 17.5. The van der Waals surface area contributed by atoms with E-state index in [1.807, 2.05) is 6.07 Å². The number of para-hydroxylation sites is 1. The Hall–Kier alpha value is -2.86.